The number of carboxylic acids is 1. The van der Waals surface area contributed by atoms with Gasteiger partial charge in [-0.25, -0.2) is 0 Å². The van der Waals surface area contributed by atoms with Crippen molar-refractivity contribution < 1.29 is 9.90 Å². The van der Waals surface area contributed by atoms with Crippen molar-refractivity contribution in [3.8, 4) is 0 Å². The van der Waals surface area contributed by atoms with E-state index in [0.717, 1.165) is 25.9 Å². The highest BCUT2D eigenvalue weighted by molar-refractivity contribution is 5.66. The third kappa shape index (κ3) is 9.08. The molecule has 0 aromatic heterocycles. The molecular weight excluding hydrogens is 166 g/mol. The molecule has 0 aliphatic carbocycles. The molecule has 0 aromatic carbocycles. The fourth-order valence-corrected chi connectivity index (χ4v) is 1.07. The Hall–Kier alpha value is -0.830. The molecule has 0 aromatic rings. The molecule has 0 amide bonds. The van der Waals surface area contributed by atoms with Crippen LogP contribution in [0.5, 0.6) is 0 Å². The van der Waals surface area contributed by atoms with E-state index >= 15 is 0 Å². The molecule has 13 heavy (non-hydrogen) atoms. The molecule has 3 heteroatoms. The number of aliphatic carboxylic acids is 1. The SMILES string of the molecule is C=CCNCCC(C)CCC(=O)O. The van der Waals surface area contributed by atoms with E-state index in [1.54, 1.807) is 0 Å². The molecule has 0 aliphatic rings. The summed E-state index contributed by atoms with van der Waals surface area (Å²) in [6, 6.07) is 0. The van der Waals surface area contributed by atoms with Crippen LogP contribution in [0.25, 0.3) is 0 Å². The molecule has 2 N–H and O–H groups in total. The Kier molecular flexibility index (Phi) is 7.30. The molecule has 76 valence electrons. The molecule has 0 spiro atoms. The zero-order valence-electron chi connectivity index (χ0n) is 8.25. The first-order valence-corrected chi connectivity index (χ1v) is 4.70. The monoisotopic (exact) mass is 185 g/mol. The van der Waals surface area contributed by atoms with Crippen molar-refractivity contribution in [3.63, 3.8) is 0 Å². The van der Waals surface area contributed by atoms with Gasteiger partial charge < -0.3 is 10.4 Å². The lowest BCUT2D eigenvalue weighted by molar-refractivity contribution is -0.137. The van der Waals surface area contributed by atoms with E-state index in [2.05, 4.69) is 18.8 Å². The molecular formula is C10H19NO2. The van der Waals surface area contributed by atoms with Crippen LogP contribution in [0.2, 0.25) is 0 Å². The van der Waals surface area contributed by atoms with Crippen LogP contribution in [-0.2, 0) is 4.79 Å². The lowest BCUT2D eigenvalue weighted by Crippen LogP contribution is -2.17. The average molecular weight is 185 g/mol. The van der Waals surface area contributed by atoms with Crippen LogP contribution in [0, 0.1) is 5.92 Å². The zero-order valence-corrected chi connectivity index (χ0v) is 8.25. The number of nitrogens with one attached hydrogen (secondary N) is 1. The minimum Gasteiger partial charge on any atom is -0.481 e. The number of hydrogen-bond acceptors (Lipinski definition) is 2. The second-order valence-electron chi connectivity index (χ2n) is 3.32. The molecule has 0 rings (SSSR count). The fraction of sp³-hybridized carbons (Fsp3) is 0.700. The Bertz CT molecular complexity index is 157. The van der Waals surface area contributed by atoms with E-state index < -0.39 is 5.97 Å². The van der Waals surface area contributed by atoms with Crippen molar-refractivity contribution in [2.75, 3.05) is 13.1 Å². The molecule has 0 radical (unpaired) electrons. The summed E-state index contributed by atoms with van der Waals surface area (Å²) in [6.45, 7) is 7.44. The summed E-state index contributed by atoms with van der Waals surface area (Å²) in [5.74, 6) is -0.223. The molecule has 1 unspecified atom stereocenters. The summed E-state index contributed by atoms with van der Waals surface area (Å²) < 4.78 is 0. The van der Waals surface area contributed by atoms with Gasteiger partial charge in [-0.2, -0.15) is 0 Å². The van der Waals surface area contributed by atoms with Crippen molar-refractivity contribution >= 4 is 5.97 Å². The van der Waals surface area contributed by atoms with Crippen molar-refractivity contribution in [1.82, 2.24) is 5.32 Å². The van der Waals surface area contributed by atoms with Gasteiger partial charge in [-0.05, 0) is 25.3 Å². The summed E-state index contributed by atoms with van der Waals surface area (Å²) in [5.41, 5.74) is 0. The fourth-order valence-electron chi connectivity index (χ4n) is 1.07. The topological polar surface area (TPSA) is 49.3 Å². The highest BCUT2D eigenvalue weighted by Crippen LogP contribution is 2.08. The van der Waals surface area contributed by atoms with Gasteiger partial charge in [0.2, 0.25) is 0 Å². The zero-order chi connectivity index (χ0) is 10.1. The van der Waals surface area contributed by atoms with Gasteiger partial charge in [-0.1, -0.05) is 13.0 Å². The normalized spacial score (nSPS) is 12.4. The largest absolute Gasteiger partial charge is 0.481 e. The molecule has 1 atom stereocenters. The molecule has 3 nitrogen and oxygen atoms in total. The van der Waals surface area contributed by atoms with E-state index in [9.17, 15) is 4.79 Å². The third-order valence-corrected chi connectivity index (χ3v) is 1.95. The number of rotatable bonds is 8. The van der Waals surface area contributed by atoms with Gasteiger partial charge in [0.25, 0.3) is 0 Å². The van der Waals surface area contributed by atoms with Gasteiger partial charge in [0.05, 0.1) is 0 Å². The second-order valence-corrected chi connectivity index (χ2v) is 3.32. The Labute approximate surface area is 79.8 Å². The number of carbonyl (C=O) groups is 1. The first kappa shape index (κ1) is 12.2. The standard InChI is InChI=1S/C10H19NO2/c1-3-7-11-8-6-9(2)4-5-10(12)13/h3,9,11H,1,4-8H2,2H3,(H,12,13). The van der Waals surface area contributed by atoms with Crippen molar-refractivity contribution in [3.05, 3.63) is 12.7 Å². The van der Waals surface area contributed by atoms with Crippen LogP contribution in [0.4, 0.5) is 0 Å². The molecule has 0 bridgehead atoms. The quantitative estimate of drug-likeness (QED) is 0.446. The Balaban J connectivity index is 3.24. The maximum Gasteiger partial charge on any atom is 0.303 e. The number of hydrogen-bond donors (Lipinski definition) is 2. The maximum absolute atomic E-state index is 10.3. The Morgan fingerprint density at radius 2 is 2.31 bits per heavy atom. The van der Waals surface area contributed by atoms with E-state index in [-0.39, 0.29) is 6.42 Å². The van der Waals surface area contributed by atoms with Crippen LogP contribution in [0.1, 0.15) is 26.2 Å². The van der Waals surface area contributed by atoms with Gasteiger partial charge in [0.1, 0.15) is 0 Å². The number of carboxylic acid groups (broad SMARTS) is 1. The predicted octanol–water partition coefficient (Wildman–Crippen LogP) is 1.65. The van der Waals surface area contributed by atoms with Gasteiger partial charge in [-0.15, -0.1) is 6.58 Å². The molecule has 0 aliphatic heterocycles. The van der Waals surface area contributed by atoms with E-state index in [0.29, 0.717) is 5.92 Å². The molecule has 0 saturated heterocycles. The van der Waals surface area contributed by atoms with Gasteiger partial charge in [0.15, 0.2) is 0 Å². The lowest BCUT2D eigenvalue weighted by atomic mass is 10.0. The molecule has 0 heterocycles. The Morgan fingerprint density at radius 3 is 2.85 bits per heavy atom. The first-order chi connectivity index (χ1) is 6.16. The summed E-state index contributed by atoms with van der Waals surface area (Å²) >= 11 is 0. The molecule has 0 saturated carbocycles. The minimum absolute atomic E-state index is 0.280. The van der Waals surface area contributed by atoms with Gasteiger partial charge in [0, 0.05) is 13.0 Å². The van der Waals surface area contributed by atoms with E-state index in [1.807, 2.05) is 6.08 Å². The van der Waals surface area contributed by atoms with Crippen molar-refractivity contribution in [2.45, 2.75) is 26.2 Å². The summed E-state index contributed by atoms with van der Waals surface area (Å²) in [5, 5.41) is 11.6. The van der Waals surface area contributed by atoms with Gasteiger partial charge in [-0.3, -0.25) is 4.79 Å². The van der Waals surface area contributed by atoms with Crippen LogP contribution in [0.15, 0.2) is 12.7 Å². The highest BCUT2D eigenvalue weighted by Gasteiger charge is 2.04. The predicted molar refractivity (Wildman–Crippen MR) is 53.7 cm³/mol. The van der Waals surface area contributed by atoms with Crippen LogP contribution in [-0.4, -0.2) is 24.2 Å². The summed E-state index contributed by atoms with van der Waals surface area (Å²) in [7, 11) is 0. The first-order valence-electron chi connectivity index (χ1n) is 4.70. The highest BCUT2D eigenvalue weighted by atomic mass is 16.4. The van der Waals surface area contributed by atoms with Crippen molar-refractivity contribution in [1.29, 1.82) is 0 Å². The summed E-state index contributed by atoms with van der Waals surface area (Å²) in [4.78, 5) is 10.3. The van der Waals surface area contributed by atoms with Gasteiger partial charge >= 0.3 is 5.97 Å². The van der Waals surface area contributed by atoms with Crippen LogP contribution in [0.3, 0.4) is 0 Å². The second kappa shape index (κ2) is 7.80. The minimum atomic E-state index is -0.703. The molecule has 0 fully saturated rings. The van der Waals surface area contributed by atoms with E-state index in [4.69, 9.17) is 5.11 Å². The maximum atomic E-state index is 10.3. The lowest BCUT2D eigenvalue weighted by Gasteiger charge is -2.09. The van der Waals surface area contributed by atoms with Crippen LogP contribution >= 0.6 is 0 Å². The Morgan fingerprint density at radius 1 is 1.62 bits per heavy atom. The average Bonchev–Trinajstić information content (AvgIpc) is 2.09. The van der Waals surface area contributed by atoms with Crippen molar-refractivity contribution in [2.24, 2.45) is 5.92 Å². The van der Waals surface area contributed by atoms with Crippen LogP contribution < -0.4 is 5.32 Å². The summed E-state index contributed by atoms with van der Waals surface area (Å²) in [6.07, 6.45) is 3.90. The van der Waals surface area contributed by atoms with E-state index in [1.165, 1.54) is 0 Å². The third-order valence-electron chi connectivity index (χ3n) is 1.95. The smallest absolute Gasteiger partial charge is 0.303 e.